The third kappa shape index (κ3) is 3.36. The number of hydrogen-bond donors (Lipinski definition) is 1. The molecule has 6 heteroatoms. The molecule has 0 aromatic carbocycles. The van der Waals surface area contributed by atoms with E-state index in [0.717, 1.165) is 13.0 Å². The molecule has 0 aliphatic carbocycles. The average molecular weight is 280 g/mol. The lowest BCUT2D eigenvalue weighted by atomic mass is 9.81. The SMILES string of the molecule is CC(C(=O)NC[C@H]1CCO[C@@H]1C(C)(C)C)n1cncn1. The third-order valence-corrected chi connectivity index (χ3v) is 3.82. The standard InChI is InChI=1S/C14H24N4O2/c1-10(18-9-15-8-17-18)13(19)16-7-11-5-6-20-12(11)14(2,3)4/h8-12H,5-7H2,1-4H3,(H,16,19)/t10?,11-,12+/m1/s1. The van der Waals surface area contributed by atoms with Crippen molar-refractivity contribution in [1.82, 2.24) is 20.1 Å². The summed E-state index contributed by atoms with van der Waals surface area (Å²) >= 11 is 0. The molecule has 1 N–H and O–H groups in total. The van der Waals surface area contributed by atoms with Gasteiger partial charge in [-0.15, -0.1) is 0 Å². The van der Waals surface area contributed by atoms with E-state index < -0.39 is 0 Å². The lowest BCUT2D eigenvalue weighted by molar-refractivity contribution is -0.124. The Morgan fingerprint density at radius 2 is 2.30 bits per heavy atom. The molecule has 20 heavy (non-hydrogen) atoms. The van der Waals surface area contributed by atoms with Crippen LogP contribution >= 0.6 is 0 Å². The highest BCUT2D eigenvalue weighted by molar-refractivity contribution is 5.79. The van der Waals surface area contributed by atoms with Gasteiger partial charge in [0.2, 0.25) is 5.91 Å². The van der Waals surface area contributed by atoms with Crippen LogP contribution in [0.15, 0.2) is 12.7 Å². The molecule has 0 saturated carbocycles. The normalized spacial score (nSPS) is 24.6. The fourth-order valence-electron chi connectivity index (χ4n) is 2.72. The average Bonchev–Trinajstić information content (AvgIpc) is 3.04. The van der Waals surface area contributed by atoms with Gasteiger partial charge in [0.15, 0.2) is 0 Å². The van der Waals surface area contributed by atoms with Crippen LogP contribution in [0.25, 0.3) is 0 Å². The summed E-state index contributed by atoms with van der Waals surface area (Å²) in [7, 11) is 0. The number of aromatic nitrogens is 3. The molecule has 2 heterocycles. The Balaban J connectivity index is 1.87. The fourth-order valence-corrected chi connectivity index (χ4v) is 2.72. The summed E-state index contributed by atoms with van der Waals surface area (Å²) in [5.74, 6) is 0.344. The Morgan fingerprint density at radius 1 is 1.55 bits per heavy atom. The van der Waals surface area contributed by atoms with Gasteiger partial charge in [0.25, 0.3) is 0 Å². The number of carbonyl (C=O) groups is 1. The molecule has 0 bridgehead atoms. The summed E-state index contributed by atoms with van der Waals surface area (Å²) in [6, 6.07) is -0.340. The predicted molar refractivity (Wildman–Crippen MR) is 75.0 cm³/mol. The topological polar surface area (TPSA) is 69.0 Å². The molecular weight excluding hydrogens is 256 g/mol. The highest BCUT2D eigenvalue weighted by Gasteiger charge is 2.37. The molecule has 1 aliphatic rings. The monoisotopic (exact) mass is 280 g/mol. The Morgan fingerprint density at radius 3 is 2.90 bits per heavy atom. The third-order valence-electron chi connectivity index (χ3n) is 3.82. The minimum absolute atomic E-state index is 0.0324. The van der Waals surface area contributed by atoms with Gasteiger partial charge in [0.1, 0.15) is 18.7 Å². The van der Waals surface area contributed by atoms with Crippen molar-refractivity contribution in [1.29, 1.82) is 0 Å². The molecule has 6 nitrogen and oxygen atoms in total. The van der Waals surface area contributed by atoms with Crippen LogP contribution in [0.3, 0.4) is 0 Å². The smallest absolute Gasteiger partial charge is 0.244 e. The number of rotatable bonds is 4. The minimum atomic E-state index is -0.340. The molecule has 112 valence electrons. The van der Waals surface area contributed by atoms with E-state index in [1.165, 1.54) is 6.33 Å². The second-order valence-corrected chi connectivity index (χ2v) is 6.50. The van der Waals surface area contributed by atoms with E-state index in [9.17, 15) is 4.79 Å². The predicted octanol–water partition coefficient (Wildman–Crippen LogP) is 1.41. The van der Waals surface area contributed by atoms with Crippen LogP contribution in [0.2, 0.25) is 0 Å². The quantitative estimate of drug-likeness (QED) is 0.905. The van der Waals surface area contributed by atoms with E-state index in [2.05, 4.69) is 36.2 Å². The number of ether oxygens (including phenoxy) is 1. The van der Waals surface area contributed by atoms with Gasteiger partial charge in [-0.2, -0.15) is 5.10 Å². The van der Waals surface area contributed by atoms with Crippen molar-refractivity contribution in [2.75, 3.05) is 13.2 Å². The van der Waals surface area contributed by atoms with Crippen molar-refractivity contribution in [3.63, 3.8) is 0 Å². The van der Waals surface area contributed by atoms with Gasteiger partial charge >= 0.3 is 0 Å². The van der Waals surface area contributed by atoms with Crippen LogP contribution in [0, 0.1) is 11.3 Å². The van der Waals surface area contributed by atoms with Gasteiger partial charge < -0.3 is 10.1 Å². The highest BCUT2D eigenvalue weighted by atomic mass is 16.5. The maximum absolute atomic E-state index is 12.1. The maximum Gasteiger partial charge on any atom is 0.244 e. The Kier molecular flexibility index (Phi) is 4.42. The van der Waals surface area contributed by atoms with Crippen LogP contribution < -0.4 is 5.32 Å². The van der Waals surface area contributed by atoms with Crippen molar-refractivity contribution < 1.29 is 9.53 Å². The Bertz CT molecular complexity index is 439. The van der Waals surface area contributed by atoms with E-state index in [1.807, 2.05) is 6.92 Å². The van der Waals surface area contributed by atoms with Gasteiger partial charge in [-0.3, -0.25) is 4.79 Å². The van der Waals surface area contributed by atoms with Gasteiger partial charge in [-0.1, -0.05) is 20.8 Å². The number of carbonyl (C=O) groups excluding carboxylic acids is 1. The zero-order chi connectivity index (χ0) is 14.8. The van der Waals surface area contributed by atoms with Gasteiger partial charge in [-0.05, 0) is 18.8 Å². The summed E-state index contributed by atoms with van der Waals surface area (Å²) < 4.78 is 7.37. The molecule has 1 amide bonds. The molecule has 1 unspecified atom stereocenters. The van der Waals surface area contributed by atoms with Crippen molar-refractivity contribution in [2.45, 2.75) is 46.3 Å². The molecule has 0 radical (unpaired) electrons. The molecule has 3 atom stereocenters. The zero-order valence-corrected chi connectivity index (χ0v) is 12.7. The van der Waals surface area contributed by atoms with Crippen LogP contribution in [-0.4, -0.2) is 39.9 Å². The van der Waals surface area contributed by atoms with Crippen molar-refractivity contribution >= 4 is 5.91 Å². The molecule has 1 fully saturated rings. The Hall–Kier alpha value is -1.43. The largest absolute Gasteiger partial charge is 0.377 e. The van der Waals surface area contributed by atoms with Gasteiger partial charge in [0.05, 0.1) is 6.10 Å². The first-order valence-electron chi connectivity index (χ1n) is 7.13. The van der Waals surface area contributed by atoms with E-state index in [0.29, 0.717) is 12.5 Å². The fraction of sp³-hybridized carbons (Fsp3) is 0.786. The molecule has 1 aromatic rings. The number of hydrogen-bond acceptors (Lipinski definition) is 4. The molecular formula is C14H24N4O2. The molecule has 2 rings (SSSR count). The van der Waals surface area contributed by atoms with Crippen molar-refractivity contribution in [3.8, 4) is 0 Å². The second kappa shape index (κ2) is 5.91. The lowest BCUT2D eigenvalue weighted by Gasteiger charge is -2.31. The summed E-state index contributed by atoms with van der Waals surface area (Å²) in [6.45, 7) is 9.78. The van der Waals surface area contributed by atoms with Crippen molar-refractivity contribution in [2.24, 2.45) is 11.3 Å². The molecule has 0 spiro atoms. The van der Waals surface area contributed by atoms with Crippen LogP contribution in [0.4, 0.5) is 0 Å². The number of nitrogens with zero attached hydrogens (tertiary/aromatic N) is 3. The molecule has 1 saturated heterocycles. The Labute approximate surface area is 119 Å². The first-order valence-corrected chi connectivity index (χ1v) is 7.13. The van der Waals surface area contributed by atoms with Crippen molar-refractivity contribution in [3.05, 3.63) is 12.7 Å². The maximum atomic E-state index is 12.1. The first-order chi connectivity index (χ1) is 9.39. The van der Waals surface area contributed by atoms with E-state index in [1.54, 1.807) is 11.0 Å². The van der Waals surface area contributed by atoms with Crippen LogP contribution in [0.5, 0.6) is 0 Å². The lowest BCUT2D eigenvalue weighted by Crippen LogP contribution is -2.40. The summed E-state index contributed by atoms with van der Waals surface area (Å²) in [5.41, 5.74) is 0.101. The van der Waals surface area contributed by atoms with Crippen LogP contribution in [0.1, 0.15) is 40.2 Å². The minimum Gasteiger partial charge on any atom is -0.377 e. The highest BCUT2D eigenvalue weighted by Crippen LogP contribution is 2.34. The van der Waals surface area contributed by atoms with E-state index >= 15 is 0 Å². The zero-order valence-electron chi connectivity index (χ0n) is 12.7. The first kappa shape index (κ1) is 15.0. The van der Waals surface area contributed by atoms with Crippen LogP contribution in [-0.2, 0) is 9.53 Å². The summed E-state index contributed by atoms with van der Waals surface area (Å²) in [4.78, 5) is 16.0. The number of nitrogens with one attached hydrogen (secondary N) is 1. The van der Waals surface area contributed by atoms with E-state index in [-0.39, 0.29) is 23.5 Å². The van der Waals surface area contributed by atoms with Gasteiger partial charge in [-0.25, -0.2) is 9.67 Å². The molecule has 1 aromatic heterocycles. The van der Waals surface area contributed by atoms with Gasteiger partial charge in [0, 0.05) is 19.1 Å². The van der Waals surface area contributed by atoms with E-state index in [4.69, 9.17) is 4.74 Å². The summed E-state index contributed by atoms with van der Waals surface area (Å²) in [5, 5.41) is 7.00. The number of amides is 1. The molecule has 1 aliphatic heterocycles. The summed E-state index contributed by atoms with van der Waals surface area (Å²) in [6.07, 6.45) is 4.19. The second-order valence-electron chi connectivity index (χ2n) is 6.50.